The molecule has 0 bridgehead atoms. The van der Waals surface area contributed by atoms with Gasteiger partial charge in [0.25, 0.3) is 0 Å². The molecule has 150 valence electrons. The number of hydrogen-bond acceptors (Lipinski definition) is 7. The molecule has 1 unspecified atom stereocenters. The van der Waals surface area contributed by atoms with Crippen molar-refractivity contribution in [1.29, 1.82) is 10.5 Å². The molecule has 0 spiro atoms. The van der Waals surface area contributed by atoms with E-state index in [2.05, 4.69) is 12.1 Å². The van der Waals surface area contributed by atoms with Crippen LogP contribution in [0.1, 0.15) is 42.9 Å². The highest BCUT2D eigenvalue weighted by atomic mass is 32.2. The minimum atomic E-state index is -0.625. The number of rotatable bonds is 6. The molecule has 0 radical (unpaired) electrons. The van der Waals surface area contributed by atoms with E-state index in [1.54, 1.807) is 0 Å². The lowest BCUT2D eigenvalue weighted by atomic mass is 9.96. The number of hydrogen-bond donors (Lipinski definition) is 2. The summed E-state index contributed by atoms with van der Waals surface area (Å²) in [4.78, 5) is 18.3. The Labute approximate surface area is 174 Å². The molecule has 1 aliphatic heterocycles. The van der Waals surface area contributed by atoms with Crippen LogP contribution in [0, 0.1) is 22.7 Å². The molecule has 2 atom stereocenters. The molecule has 0 saturated carbocycles. The van der Waals surface area contributed by atoms with Gasteiger partial charge in [0.05, 0.1) is 22.0 Å². The van der Waals surface area contributed by atoms with Crippen LogP contribution in [-0.4, -0.2) is 39.9 Å². The number of thioether (sulfide) groups is 1. The Kier molecular flexibility index (Phi) is 6.26. The first-order chi connectivity index (χ1) is 13.9. The zero-order chi connectivity index (χ0) is 21.0. The Morgan fingerprint density at radius 1 is 1.41 bits per heavy atom. The maximum absolute atomic E-state index is 11.7. The summed E-state index contributed by atoms with van der Waals surface area (Å²) in [5.74, 6) is 0.0650. The summed E-state index contributed by atoms with van der Waals surface area (Å²) >= 11 is 1.34. The van der Waals surface area contributed by atoms with Crippen LogP contribution in [-0.2, 0) is 11.2 Å². The van der Waals surface area contributed by atoms with E-state index < -0.39 is 16.8 Å². The average Bonchev–Trinajstić information content (AvgIpc) is 3.13. The summed E-state index contributed by atoms with van der Waals surface area (Å²) in [7, 11) is 0. The van der Waals surface area contributed by atoms with Gasteiger partial charge in [0.2, 0.25) is 5.91 Å². The smallest absolute Gasteiger partial charge is 0.219 e. The maximum Gasteiger partial charge on any atom is 0.219 e. The second kappa shape index (κ2) is 8.69. The zero-order valence-corrected chi connectivity index (χ0v) is 17.1. The SMILES string of the molecule is CCc1c(C#N)c(SC2(CC(N)=O)C=CC=CC2)nc(N2CC[C@H](O)C2)c1C#N. The number of nitriles is 2. The fourth-order valence-corrected chi connectivity index (χ4v) is 5.12. The maximum atomic E-state index is 11.7. The van der Waals surface area contributed by atoms with Crippen molar-refractivity contribution in [2.45, 2.75) is 48.5 Å². The number of amides is 1. The van der Waals surface area contributed by atoms with Gasteiger partial charge in [-0.3, -0.25) is 4.79 Å². The quantitative estimate of drug-likeness (QED) is 0.737. The Balaban J connectivity index is 2.13. The van der Waals surface area contributed by atoms with Gasteiger partial charge in [-0.1, -0.05) is 43.0 Å². The van der Waals surface area contributed by atoms with E-state index in [9.17, 15) is 20.4 Å². The predicted octanol–water partition coefficient (Wildman–Crippen LogP) is 2.18. The molecule has 1 aromatic rings. The number of primary amides is 1. The number of aliphatic hydroxyl groups excluding tert-OH is 1. The number of anilines is 1. The highest BCUT2D eigenvalue weighted by Crippen LogP contribution is 2.44. The molecule has 0 aromatic carbocycles. The van der Waals surface area contributed by atoms with Gasteiger partial charge in [0.1, 0.15) is 23.0 Å². The number of nitrogens with two attached hydrogens (primary N) is 1. The lowest BCUT2D eigenvalue weighted by Crippen LogP contribution is -2.30. The van der Waals surface area contributed by atoms with E-state index in [0.717, 1.165) is 0 Å². The molecule has 1 amide bonds. The largest absolute Gasteiger partial charge is 0.391 e. The number of carbonyl (C=O) groups excluding carboxylic acids is 1. The summed E-state index contributed by atoms with van der Waals surface area (Å²) < 4.78 is -0.625. The van der Waals surface area contributed by atoms with Crippen LogP contribution < -0.4 is 10.6 Å². The van der Waals surface area contributed by atoms with Gasteiger partial charge in [-0.05, 0) is 24.8 Å². The number of aromatic nitrogens is 1. The topological polar surface area (TPSA) is 127 Å². The van der Waals surface area contributed by atoms with Gasteiger partial charge in [-0.2, -0.15) is 10.5 Å². The van der Waals surface area contributed by atoms with E-state index in [4.69, 9.17) is 10.7 Å². The molecule has 1 aromatic heterocycles. The highest BCUT2D eigenvalue weighted by Gasteiger charge is 2.34. The van der Waals surface area contributed by atoms with Crippen LogP contribution in [0.2, 0.25) is 0 Å². The molecule has 1 aliphatic carbocycles. The monoisotopic (exact) mass is 409 g/mol. The minimum absolute atomic E-state index is 0.115. The summed E-state index contributed by atoms with van der Waals surface area (Å²) in [6.45, 7) is 2.89. The third kappa shape index (κ3) is 4.29. The van der Waals surface area contributed by atoms with E-state index in [1.165, 1.54) is 11.8 Å². The molecule has 1 fully saturated rings. The van der Waals surface area contributed by atoms with Gasteiger partial charge in [0, 0.05) is 19.5 Å². The molecule has 3 rings (SSSR count). The number of nitrogens with zero attached hydrogens (tertiary/aromatic N) is 4. The number of aliphatic hydroxyl groups is 1. The van der Waals surface area contributed by atoms with Crippen LogP contribution in [0.15, 0.2) is 29.3 Å². The fraction of sp³-hybridized carbons (Fsp3) is 0.429. The van der Waals surface area contributed by atoms with Gasteiger partial charge < -0.3 is 15.7 Å². The number of pyridine rings is 1. The number of β-amino-alcohol motifs (C(OH)–C–C–N with tert-alkyl or cyclic N) is 1. The molecule has 8 heteroatoms. The van der Waals surface area contributed by atoms with Crippen molar-refractivity contribution in [3.05, 3.63) is 41.0 Å². The second-order valence-corrected chi connectivity index (χ2v) is 8.64. The number of allylic oxidation sites excluding steroid dienone is 3. The Morgan fingerprint density at radius 3 is 2.69 bits per heavy atom. The standard InChI is InChI=1S/C21H23N5O2S/c1-2-15-16(11-22)19(26-9-6-14(27)13-26)25-20(17(15)12-23)29-21(10-18(24)28)7-4-3-5-8-21/h3-5,7,14,27H,2,6,8-10,13H2,1H3,(H2,24,28)/t14-,21?/m0/s1. The first-order valence-corrected chi connectivity index (χ1v) is 10.4. The molecule has 3 N–H and O–H groups in total. The van der Waals surface area contributed by atoms with Crippen molar-refractivity contribution in [3.8, 4) is 12.1 Å². The van der Waals surface area contributed by atoms with Crippen LogP contribution in [0.25, 0.3) is 0 Å². The van der Waals surface area contributed by atoms with E-state index in [1.807, 2.05) is 36.1 Å². The third-order valence-electron chi connectivity index (χ3n) is 5.17. The number of carbonyl (C=O) groups is 1. The van der Waals surface area contributed by atoms with Crippen molar-refractivity contribution in [1.82, 2.24) is 4.98 Å². The van der Waals surface area contributed by atoms with E-state index >= 15 is 0 Å². The molecule has 2 heterocycles. The summed E-state index contributed by atoms with van der Waals surface area (Å²) in [6.07, 6.45) is 9.01. The summed E-state index contributed by atoms with van der Waals surface area (Å²) in [5.41, 5.74) is 6.90. The molecular weight excluding hydrogens is 386 g/mol. The van der Waals surface area contributed by atoms with Crippen molar-refractivity contribution < 1.29 is 9.90 Å². The van der Waals surface area contributed by atoms with Crippen LogP contribution in [0.4, 0.5) is 5.82 Å². The van der Waals surface area contributed by atoms with Gasteiger partial charge >= 0.3 is 0 Å². The van der Waals surface area contributed by atoms with Gasteiger partial charge in [0.15, 0.2) is 0 Å². The normalized spacial score (nSPS) is 23.0. The van der Waals surface area contributed by atoms with E-state index in [-0.39, 0.29) is 6.42 Å². The van der Waals surface area contributed by atoms with Gasteiger partial charge in [-0.25, -0.2) is 4.98 Å². The van der Waals surface area contributed by atoms with Crippen molar-refractivity contribution in [2.75, 3.05) is 18.0 Å². The van der Waals surface area contributed by atoms with Gasteiger partial charge in [-0.15, -0.1) is 0 Å². The first-order valence-electron chi connectivity index (χ1n) is 9.54. The third-order valence-corrected chi connectivity index (χ3v) is 6.51. The molecular formula is C21H23N5O2S. The van der Waals surface area contributed by atoms with Crippen LogP contribution >= 0.6 is 11.8 Å². The highest BCUT2D eigenvalue weighted by molar-refractivity contribution is 8.00. The lowest BCUT2D eigenvalue weighted by molar-refractivity contribution is -0.118. The van der Waals surface area contributed by atoms with E-state index in [0.29, 0.717) is 59.9 Å². The summed E-state index contributed by atoms with van der Waals surface area (Å²) in [5, 5.41) is 30.1. The Bertz CT molecular complexity index is 959. The van der Waals surface area contributed by atoms with Crippen LogP contribution in [0.3, 0.4) is 0 Å². The molecule has 2 aliphatic rings. The average molecular weight is 410 g/mol. The van der Waals surface area contributed by atoms with Crippen molar-refractivity contribution in [2.24, 2.45) is 5.73 Å². The Morgan fingerprint density at radius 2 is 2.17 bits per heavy atom. The fourth-order valence-electron chi connectivity index (χ4n) is 3.80. The molecule has 7 nitrogen and oxygen atoms in total. The summed E-state index contributed by atoms with van der Waals surface area (Å²) in [6, 6.07) is 4.42. The predicted molar refractivity (Wildman–Crippen MR) is 111 cm³/mol. The van der Waals surface area contributed by atoms with Crippen LogP contribution in [0.5, 0.6) is 0 Å². The van der Waals surface area contributed by atoms with Crippen molar-refractivity contribution in [3.63, 3.8) is 0 Å². The second-order valence-electron chi connectivity index (χ2n) is 7.24. The zero-order valence-electron chi connectivity index (χ0n) is 16.3. The molecule has 1 saturated heterocycles. The van der Waals surface area contributed by atoms with Crippen molar-refractivity contribution >= 4 is 23.5 Å². The lowest BCUT2D eigenvalue weighted by Gasteiger charge is -2.30. The first kappa shape index (κ1) is 20.9. The minimum Gasteiger partial charge on any atom is -0.391 e. The Hall–Kier alpha value is -2.81. The molecule has 29 heavy (non-hydrogen) atoms.